The first-order valence-corrected chi connectivity index (χ1v) is 12.2. The third-order valence-electron chi connectivity index (χ3n) is 5.42. The molecule has 1 heterocycles. The smallest absolute Gasteiger partial charge is 0.242 e. The van der Waals surface area contributed by atoms with Crippen LogP contribution in [-0.4, -0.2) is 42.3 Å². The number of para-hydroxylation sites is 1. The first-order valence-electron chi connectivity index (χ1n) is 10.7. The zero-order valence-electron chi connectivity index (χ0n) is 19.2. The van der Waals surface area contributed by atoms with Gasteiger partial charge in [-0.05, 0) is 54.6 Å². The fraction of sp³-hybridized carbons (Fsp3) is 0.200. The second kappa shape index (κ2) is 9.66. The number of hydrogen-bond donors (Lipinski definition) is 1. The quantitative estimate of drug-likeness (QED) is 0.410. The maximum absolute atomic E-state index is 12.5. The molecule has 0 atom stereocenters. The molecule has 0 aliphatic heterocycles. The van der Waals surface area contributed by atoms with E-state index in [-0.39, 0.29) is 17.2 Å². The van der Waals surface area contributed by atoms with E-state index in [1.54, 1.807) is 42.5 Å². The van der Waals surface area contributed by atoms with Crippen molar-refractivity contribution in [2.24, 2.45) is 7.05 Å². The van der Waals surface area contributed by atoms with E-state index < -0.39 is 10.0 Å². The van der Waals surface area contributed by atoms with E-state index >= 15 is 0 Å². The van der Waals surface area contributed by atoms with Crippen molar-refractivity contribution in [2.75, 3.05) is 19.4 Å². The number of nitrogens with one attached hydrogen (secondary N) is 1. The molecule has 4 rings (SSSR count). The Morgan fingerprint density at radius 3 is 2.35 bits per heavy atom. The third kappa shape index (κ3) is 5.11. The number of rotatable bonds is 8. The summed E-state index contributed by atoms with van der Waals surface area (Å²) < 4.78 is 33.6. The van der Waals surface area contributed by atoms with E-state index in [9.17, 15) is 13.2 Å². The number of aromatic nitrogens is 2. The molecule has 0 fully saturated rings. The Bertz CT molecular complexity index is 1410. The van der Waals surface area contributed by atoms with Gasteiger partial charge in [0, 0.05) is 39.7 Å². The summed E-state index contributed by atoms with van der Waals surface area (Å²) in [4.78, 5) is 17.2. The van der Waals surface area contributed by atoms with Crippen LogP contribution in [0.2, 0.25) is 0 Å². The molecule has 1 N–H and O–H groups in total. The highest BCUT2D eigenvalue weighted by Crippen LogP contribution is 2.24. The lowest BCUT2D eigenvalue weighted by atomic mass is 10.2. The number of carbonyl (C=O) groups excluding carboxylic acids is 1. The van der Waals surface area contributed by atoms with Crippen molar-refractivity contribution < 1.29 is 17.9 Å². The van der Waals surface area contributed by atoms with Crippen LogP contribution < -0.4 is 10.1 Å². The molecular formula is C25H26N4O4S. The van der Waals surface area contributed by atoms with E-state index in [2.05, 4.69) is 10.3 Å². The van der Waals surface area contributed by atoms with E-state index in [4.69, 9.17) is 4.74 Å². The number of fused-ring (bicyclic) bond motifs is 1. The number of amides is 1. The molecule has 0 aliphatic rings. The first kappa shape index (κ1) is 23.5. The van der Waals surface area contributed by atoms with Crippen LogP contribution in [-0.2, 0) is 28.3 Å². The van der Waals surface area contributed by atoms with Gasteiger partial charge in [0.05, 0.1) is 15.9 Å². The van der Waals surface area contributed by atoms with E-state index in [0.717, 1.165) is 11.3 Å². The average molecular weight is 479 g/mol. The first-order chi connectivity index (χ1) is 16.2. The van der Waals surface area contributed by atoms with Gasteiger partial charge in [-0.1, -0.05) is 18.2 Å². The third-order valence-corrected chi connectivity index (χ3v) is 7.23. The molecule has 8 nitrogen and oxygen atoms in total. The summed E-state index contributed by atoms with van der Waals surface area (Å²) in [5, 5.41) is 2.88. The predicted octanol–water partition coefficient (Wildman–Crippen LogP) is 4.19. The maximum atomic E-state index is 12.5. The van der Waals surface area contributed by atoms with Crippen LogP contribution in [0.3, 0.4) is 0 Å². The summed E-state index contributed by atoms with van der Waals surface area (Å²) in [5.74, 6) is 1.99. The van der Waals surface area contributed by atoms with Gasteiger partial charge in [-0.3, -0.25) is 4.79 Å². The van der Waals surface area contributed by atoms with Gasteiger partial charge in [0.2, 0.25) is 15.9 Å². The summed E-state index contributed by atoms with van der Waals surface area (Å²) in [6.07, 6.45) is 0.657. The molecule has 0 unspecified atom stereocenters. The summed E-state index contributed by atoms with van der Waals surface area (Å²) in [6, 6.07) is 21.5. The molecule has 0 bridgehead atoms. The number of aryl methyl sites for hydroxylation is 2. The Hall–Kier alpha value is -3.69. The van der Waals surface area contributed by atoms with Crippen LogP contribution in [0, 0.1) is 0 Å². The number of imidazole rings is 1. The minimum atomic E-state index is -3.54. The molecule has 1 aromatic heterocycles. The number of nitrogens with zero attached hydrogens (tertiary/aromatic N) is 3. The average Bonchev–Trinajstić information content (AvgIpc) is 3.14. The van der Waals surface area contributed by atoms with Gasteiger partial charge in [-0.2, -0.15) is 0 Å². The Labute approximate surface area is 198 Å². The second-order valence-corrected chi connectivity index (χ2v) is 10.2. The summed E-state index contributed by atoms with van der Waals surface area (Å²) in [7, 11) is 1.30. The van der Waals surface area contributed by atoms with Gasteiger partial charge in [0.1, 0.15) is 17.3 Å². The zero-order chi connectivity index (χ0) is 24.3. The largest absolute Gasteiger partial charge is 0.457 e. The van der Waals surface area contributed by atoms with Crippen molar-refractivity contribution in [3.63, 3.8) is 0 Å². The number of carbonyl (C=O) groups is 1. The molecule has 0 saturated heterocycles. The van der Waals surface area contributed by atoms with Crippen LogP contribution in [0.4, 0.5) is 5.69 Å². The molecular weight excluding hydrogens is 452 g/mol. The van der Waals surface area contributed by atoms with Gasteiger partial charge < -0.3 is 14.6 Å². The molecule has 3 aromatic carbocycles. The summed E-state index contributed by atoms with van der Waals surface area (Å²) in [6.45, 7) is 0. The molecule has 9 heteroatoms. The van der Waals surface area contributed by atoms with Crippen LogP contribution in [0.1, 0.15) is 12.2 Å². The molecule has 1 amide bonds. The molecule has 176 valence electrons. The zero-order valence-corrected chi connectivity index (χ0v) is 20.0. The molecule has 34 heavy (non-hydrogen) atoms. The summed E-state index contributed by atoms with van der Waals surface area (Å²) >= 11 is 0. The summed E-state index contributed by atoms with van der Waals surface area (Å²) in [5.41, 5.74) is 2.06. The Kier molecular flexibility index (Phi) is 6.67. The van der Waals surface area contributed by atoms with Crippen molar-refractivity contribution in [3.8, 4) is 11.5 Å². The normalized spacial score (nSPS) is 11.6. The van der Waals surface area contributed by atoms with Crippen molar-refractivity contribution >= 4 is 32.7 Å². The number of hydrogen-bond acceptors (Lipinski definition) is 5. The fourth-order valence-corrected chi connectivity index (χ4v) is 4.43. The molecule has 0 saturated carbocycles. The number of anilines is 1. The highest BCUT2D eigenvalue weighted by atomic mass is 32.2. The van der Waals surface area contributed by atoms with Crippen LogP contribution in [0.25, 0.3) is 11.0 Å². The number of benzene rings is 3. The highest BCUT2D eigenvalue weighted by molar-refractivity contribution is 7.89. The standard InChI is InChI=1S/C25H26N4O4S/c1-28(2)34(31,32)21-13-14-23-22(17-21)27-24(29(23)3)15-16-25(30)26-18-9-11-20(12-10-18)33-19-7-5-4-6-8-19/h4-14,17H,15-16H2,1-3H3,(H,26,30). The van der Waals surface area contributed by atoms with E-state index in [0.29, 0.717) is 29.2 Å². The van der Waals surface area contributed by atoms with E-state index in [1.165, 1.54) is 18.4 Å². The Balaban J connectivity index is 1.38. The van der Waals surface area contributed by atoms with Crippen molar-refractivity contribution in [1.29, 1.82) is 0 Å². The molecule has 0 radical (unpaired) electrons. The van der Waals surface area contributed by atoms with Gasteiger partial charge in [0.15, 0.2) is 0 Å². The van der Waals surface area contributed by atoms with Crippen molar-refractivity contribution in [2.45, 2.75) is 17.7 Å². The number of sulfonamides is 1. The van der Waals surface area contributed by atoms with Crippen molar-refractivity contribution in [3.05, 3.63) is 78.6 Å². The minimum absolute atomic E-state index is 0.139. The van der Waals surface area contributed by atoms with Crippen LogP contribution >= 0.6 is 0 Å². The second-order valence-electron chi connectivity index (χ2n) is 8.01. The van der Waals surface area contributed by atoms with Crippen molar-refractivity contribution in [1.82, 2.24) is 13.9 Å². The monoisotopic (exact) mass is 478 g/mol. The predicted molar refractivity (Wildman–Crippen MR) is 131 cm³/mol. The molecule has 4 aromatic rings. The fourth-order valence-electron chi connectivity index (χ4n) is 3.50. The minimum Gasteiger partial charge on any atom is -0.457 e. The van der Waals surface area contributed by atoms with E-state index in [1.807, 2.05) is 41.9 Å². The highest BCUT2D eigenvalue weighted by Gasteiger charge is 2.19. The van der Waals surface area contributed by atoms with Crippen LogP contribution in [0.15, 0.2) is 77.7 Å². The van der Waals surface area contributed by atoms with Gasteiger partial charge in [-0.25, -0.2) is 17.7 Å². The topological polar surface area (TPSA) is 93.5 Å². The molecule has 0 aliphatic carbocycles. The Morgan fingerprint density at radius 2 is 1.68 bits per heavy atom. The van der Waals surface area contributed by atoms with Gasteiger partial charge in [-0.15, -0.1) is 0 Å². The van der Waals surface area contributed by atoms with Gasteiger partial charge in [0.25, 0.3) is 0 Å². The van der Waals surface area contributed by atoms with Gasteiger partial charge >= 0.3 is 0 Å². The Morgan fingerprint density at radius 1 is 1.00 bits per heavy atom. The maximum Gasteiger partial charge on any atom is 0.242 e. The SMILES string of the molecule is CN(C)S(=O)(=O)c1ccc2c(c1)nc(CCC(=O)Nc1ccc(Oc3ccccc3)cc1)n2C. The number of ether oxygens (including phenoxy) is 1. The van der Waals surface area contributed by atoms with Crippen LogP contribution in [0.5, 0.6) is 11.5 Å². The lowest BCUT2D eigenvalue weighted by Gasteiger charge is -2.10. The molecule has 0 spiro atoms. The lowest BCUT2D eigenvalue weighted by molar-refractivity contribution is -0.116. The lowest BCUT2D eigenvalue weighted by Crippen LogP contribution is -2.22.